The molecular weight excluding hydrogens is 379 g/mol. The number of nitrogens with zero attached hydrogens (tertiary/aromatic N) is 1. The van der Waals surface area contributed by atoms with Crippen molar-refractivity contribution >= 4 is 39.0 Å². The Balaban J connectivity index is 1.47. The van der Waals surface area contributed by atoms with Gasteiger partial charge in [-0.05, 0) is 41.8 Å². The summed E-state index contributed by atoms with van der Waals surface area (Å²) in [6.45, 7) is 0.238. The highest BCUT2D eigenvalue weighted by molar-refractivity contribution is 7.19. The minimum atomic E-state index is -0.691. The van der Waals surface area contributed by atoms with Crippen molar-refractivity contribution < 1.29 is 14.3 Å². The number of nitrogens with one attached hydrogen (secondary N) is 3. The third kappa shape index (κ3) is 5.28. The number of carbonyl (C=O) groups is 1. The molecule has 8 heteroatoms. The van der Waals surface area contributed by atoms with Gasteiger partial charge in [0.1, 0.15) is 11.9 Å². The quantitative estimate of drug-likeness (QED) is 0.379. The van der Waals surface area contributed by atoms with Crippen LogP contribution in [0.5, 0.6) is 0 Å². The number of thiophene rings is 1. The summed E-state index contributed by atoms with van der Waals surface area (Å²) >= 11 is 1.54. The predicted octanol–water partition coefficient (Wildman–Crippen LogP) is 2.88. The Morgan fingerprint density at radius 1 is 1.18 bits per heavy atom. The maximum atomic E-state index is 12.9. The molecule has 0 saturated carbocycles. The van der Waals surface area contributed by atoms with E-state index in [2.05, 4.69) is 20.9 Å². The summed E-state index contributed by atoms with van der Waals surface area (Å²) < 4.78 is 14.0. The number of anilines is 1. The minimum Gasteiger partial charge on any atom is -0.386 e. The van der Waals surface area contributed by atoms with Crippen molar-refractivity contribution in [2.45, 2.75) is 6.10 Å². The first-order valence-corrected chi connectivity index (χ1v) is 9.53. The molecule has 0 aliphatic heterocycles. The highest BCUT2D eigenvalue weighted by atomic mass is 32.1. The van der Waals surface area contributed by atoms with Crippen LogP contribution < -0.4 is 16.0 Å². The predicted molar refractivity (Wildman–Crippen MR) is 111 cm³/mol. The fraction of sp³-hybridized carbons (Fsp3) is 0.200. The Bertz CT molecular complexity index is 939. The Morgan fingerprint density at radius 2 is 1.93 bits per heavy atom. The van der Waals surface area contributed by atoms with E-state index in [0.29, 0.717) is 11.6 Å². The largest absolute Gasteiger partial charge is 0.386 e. The fourth-order valence-electron chi connectivity index (χ4n) is 2.58. The number of guanidine groups is 1. The van der Waals surface area contributed by atoms with E-state index in [9.17, 15) is 14.3 Å². The standard InChI is InChI=1S/C20H21FN4O2S/c1-22-20(24-12-19(27)25-15-8-6-14(21)7-9-15)23-11-16(26)18-10-13-4-2-3-5-17(13)28-18/h2-10,16,26H,11-12H2,1H3,(H,25,27)(H2,22,23,24). The fourth-order valence-corrected chi connectivity index (χ4v) is 3.63. The maximum Gasteiger partial charge on any atom is 0.243 e. The second-order valence-electron chi connectivity index (χ2n) is 6.06. The minimum absolute atomic E-state index is 0.0178. The van der Waals surface area contributed by atoms with Gasteiger partial charge in [-0.2, -0.15) is 0 Å². The van der Waals surface area contributed by atoms with Gasteiger partial charge in [0.25, 0.3) is 0 Å². The van der Waals surface area contributed by atoms with Crippen LogP contribution >= 0.6 is 11.3 Å². The maximum absolute atomic E-state index is 12.9. The van der Waals surface area contributed by atoms with Gasteiger partial charge >= 0.3 is 0 Å². The van der Waals surface area contributed by atoms with E-state index in [1.807, 2.05) is 30.3 Å². The second kappa shape index (κ2) is 9.29. The summed E-state index contributed by atoms with van der Waals surface area (Å²) in [6, 6.07) is 15.5. The van der Waals surface area contributed by atoms with Gasteiger partial charge in [0, 0.05) is 28.9 Å². The van der Waals surface area contributed by atoms with Crippen LogP contribution in [0.15, 0.2) is 59.6 Å². The molecule has 1 unspecified atom stereocenters. The Hall–Kier alpha value is -2.97. The zero-order valence-electron chi connectivity index (χ0n) is 15.3. The van der Waals surface area contributed by atoms with Gasteiger partial charge in [-0.1, -0.05) is 18.2 Å². The molecule has 0 aliphatic rings. The van der Waals surface area contributed by atoms with Crippen LogP contribution in [0.1, 0.15) is 11.0 Å². The first-order valence-electron chi connectivity index (χ1n) is 8.71. The van der Waals surface area contributed by atoms with Crippen molar-refractivity contribution in [2.24, 2.45) is 4.99 Å². The van der Waals surface area contributed by atoms with Crippen LogP contribution in [-0.2, 0) is 4.79 Å². The molecule has 0 saturated heterocycles. The lowest BCUT2D eigenvalue weighted by Crippen LogP contribution is -2.42. The number of benzene rings is 2. The molecule has 2 aromatic carbocycles. The highest BCUT2D eigenvalue weighted by Crippen LogP contribution is 2.29. The number of aliphatic hydroxyl groups excluding tert-OH is 1. The molecule has 1 heterocycles. The van der Waals surface area contributed by atoms with Gasteiger partial charge in [-0.3, -0.25) is 9.79 Å². The molecule has 1 aromatic heterocycles. The zero-order valence-corrected chi connectivity index (χ0v) is 16.1. The van der Waals surface area contributed by atoms with Crippen LogP contribution in [0.3, 0.4) is 0 Å². The van der Waals surface area contributed by atoms with Gasteiger partial charge in [0.15, 0.2) is 5.96 Å². The summed E-state index contributed by atoms with van der Waals surface area (Å²) in [5, 5.41) is 20.1. The van der Waals surface area contributed by atoms with E-state index < -0.39 is 6.10 Å². The SMILES string of the molecule is CN=C(NCC(=O)Nc1ccc(F)cc1)NCC(O)c1cc2ccccc2s1. The molecule has 6 nitrogen and oxygen atoms in total. The summed E-state index contributed by atoms with van der Waals surface area (Å²) in [5.41, 5.74) is 0.510. The topological polar surface area (TPSA) is 85.8 Å². The van der Waals surface area contributed by atoms with Gasteiger partial charge in [-0.25, -0.2) is 4.39 Å². The molecule has 1 amide bonds. The van der Waals surface area contributed by atoms with E-state index in [1.54, 1.807) is 18.4 Å². The highest BCUT2D eigenvalue weighted by Gasteiger charge is 2.12. The summed E-state index contributed by atoms with van der Waals surface area (Å²) in [5.74, 6) is -0.257. The van der Waals surface area contributed by atoms with Crippen molar-refractivity contribution in [3.8, 4) is 0 Å². The third-order valence-corrected chi connectivity index (χ3v) is 5.22. The molecule has 28 heavy (non-hydrogen) atoms. The van der Waals surface area contributed by atoms with Crippen molar-refractivity contribution in [1.29, 1.82) is 0 Å². The van der Waals surface area contributed by atoms with Gasteiger partial charge in [0.05, 0.1) is 6.54 Å². The summed E-state index contributed by atoms with van der Waals surface area (Å²) in [6.07, 6.45) is -0.691. The van der Waals surface area contributed by atoms with Gasteiger partial charge in [0.2, 0.25) is 5.91 Å². The number of rotatable bonds is 6. The molecule has 1 atom stereocenters. The van der Waals surface area contributed by atoms with Crippen LogP contribution in [0.4, 0.5) is 10.1 Å². The number of aliphatic hydroxyl groups is 1. The average Bonchev–Trinajstić information content (AvgIpc) is 3.14. The Morgan fingerprint density at radius 3 is 2.64 bits per heavy atom. The number of hydrogen-bond donors (Lipinski definition) is 4. The lowest BCUT2D eigenvalue weighted by Gasteiger charge is -2.14. The van der Waals surface area contributed by atoms with E-state index in [4.69, 9.17) is 0 Å². The first-order chi connectivity index (χ1) is 13.5. The van der Waals surface area contributed by atoms with Crippen molar-refractivity contribution in [3.05, 3.63) is 65.3 Å². The first kappa shape index (κ1) is 19.8. The van der Waals surface area contributed by atoms with E-state index in [0.717, 1.165) is 15.0 Å². The summed E-state index contributed by atoms with van der Waals surface area (Å²) in [4.78, 5) is 16.9. The monoisotopic (exact) mass is 400 g/mol. The zero-order chi connectivity index (χ0) is 19.9. The van der Waals surface area contributed by atoms with Gasteiger partial charge < -0.3 is 21.1 Å². The van der Waals surface area contributed by atoms with E-state index >= 15 is 0 Å². The van der Waals surface area contributed by atoms with Gasteiger partial charge in [-0.15, -0.1) is 11.3 Å². The lowest BCUT2D eigenvalue weighted by atomic mass is 10.2. The third-order valence-electron chi connectivity index (χ3n) is 4.00. The van der Waals surface area contributed by atoms with E-state index in [-0.39, 0.29) is 24.8 Å². The number of hydrogen-bond acceptors (Lipinski definition) is 4. The van der Waals surface area contributed by atoms with Crippen LogP contribution in [0.25, 0.3) is 10.1 Å². The number of fused-ring (bicyclic) bond motifs is 1. The smallest absolute Gasteiger partial charge is 0.243 e. The lowest BCUT2D eigenvalue weighted by molar-refractivity contribution is -0.115. The number of halogens is 1. The molecule has 3 rings (SSSR count). The van der Waals surface area contributed by atoms with Crippen molar-refractivity contribution in [1.82, 2.24) is 10.6 Å². The average molecular weight is 400 g/mol. The Kier molecular flexibility index (Phi) is 6.57. The second-order valence-corrected chi connectivity index (χ2v) is 7.18. The van der Waals surface area contributed by atoms with Crippen LogP contribution in [0, 0.1) is 5.82 Å². The molecule has 4 N–H and O–H groups in total. The molecule has 146 valence electrons. The number of carbonyl (C=O) groups excluding carboxylic acids is 1. The molecule has 0 bridgehead atoms. The molecule has 0 fully saturated rings. The summed E-state index contributed by atoms with van der Waals surface area (Å²) in [7, 11) is 1.58. The van der Waals surface area contributed by atoms with E-state index in [1.165, 1.54) is 24.3 Å². The molecule has 3 aromatic rings. The normalized spacial score (nSPS) is 12.6. The number of aliphatic imine (C=N–C) groups is 1. The van der Waals surface area contributed by atoms with Crippen LogP contribution in [-0.4, -0.2) is 37.1 Å². The molecule has 0 spiro atoms. The Labute approximate surface area is 166 Å². The van der Waals surface area contributed by atoms with Crippen LogP contribution in [0.2, 0.25) is 0 Å². The molecule has 0 radical (unpaired) electrons. The number of amides is 1. The van der Waals surface area contributed by atoms with Crippen molar-refractivity contribution in [3.63, 3.8) is 0 Å². The molecule has 0 aliphatic carbocycles. The van der Waals surface area contributed by atoms with Crippen molar-refractivity contribution in [2.75, 3.05) is 25.5 Å². The molecular formula is C20H21FN4O2S.